The van der Waals surface area contributed by atoms with Crippen LogP contribution in [0.15, 0.2) is 42.6 Å². The molecule has 0 aliphatic carbocycles. The summed E-state index contributed by atoms with van der Waals surface area (Å²) in [7, 11) is 0. The average molecular weight is 348 g/mol. The third-order valence-electron chi connectivity index (χ3n) is 4.36. The molecule has 2 aromatic heterocycles. The monoisotopic (exact) mass is 348 g/mol. The molecule has 0 bridgehead atoms. The van der Waals surface area contributed by atoms with E-state index in [2.05, 4.69) is 31.0 Å². The van der Waals surface area contributed by atoms with Gasteiger partial charge in [0.05, 0.1) is 17.1 Å². The van der Waals surface area contributed by atoms with Gasteiger partial charge in [-0.05, 0) is 49.6 Å². The number of nitrogens with one attached hydrogen (secondary N) is 1. The quantitative estimate of drug-likeness (QED) is 0.525. The van der Waals surface area contributed by atoms with E-state index in [-0.39, 0.29) is 0 Å². The number of hydrogen-bond acceptors (Lipinski definition) is 4. The highest BCUT2D eigenvalue weighted by molar-refractivity contribution is 6.07. The molecule has 0 aliphatic heterocycles. The van der Waals surface area contributed by atoms with E-state index >= 15 is 0 Å². The van der Waals surface area contributed by atoms with Crippen LogP contribution in [0.3, 0.4) is 0 Å². The standard InChI is InChI=1S/C22H28N4/c1-4-6-7-8-20(18-11-12-25-19(13-18)15-24)22-16(3)9-10-21(26-22)17(5-2)14-23/h5,8-14,23H,4,6-7,15,24H2,1-3H3/b17-5+,20-8-,23-14?. The Morgan fingerprint density at radius 2 is 2.08 bits per heavy atom. The van der Waals surface area contributed by atoms with E-state index in [9.17, 15) is 0 Å². The first-order valence-electron chi connectivity index (χ1n) is 9.15. The molecular formula is C22H28N4. The van der Waals surface area contributed by atoms with Crippen molar-refractivity contribution >= 4 is 17.4 Å². The van der Waals surface area contributed by atoms with Gasteiger partial charge in [-0.25, -0.2) is 4.98 Å². The molecule has 0 atom stereocenters. The van der Waals surface area contributed by atoms with Crippen LogP contribution in [0.25, 0.3) is 11.1 Å². The predicted molar refractivity (Wildman–Crippen MR) is 110 cm³/mol. The molecule has 2 heterocycles. The molecule has 0 saturated carbocycles. The van der Waals surface area contributed by atoms with Crippen LogP contribution < -0.4 is 5.73 Å². The van der Waals surface area contributed by atoms with Gasteiger partial charge in [-0.2, -0.15) is 0 Å². The molecule has 0 amide bonds. The van der Waals surface area contributed by atoms with Crippen LogP contribution in [0.1, 0.15) is 61.3 Å². The minimum Gasteiger partial charge on any atom is -0.325 e. The zero-order valence-electron chi connectivity index (χ0n) is 15.9. The van der Waals surface area contributed by atoms with Crippen LogP contribution in [-0.2, 0) is 6.54 Å². The van der Waals surface area contributed by atoms with E-state index in [1.54, 1.807) is 6.20 Å². The summed E-state index contributed by atoms with van der Waals surface area (Å²) in [6, 6.07) is 8.10. The Bertz CT molecular complexity index is 819. The largest absolute Gasteiger partial charge is 0.325 e. The molecule has 136 valence electrons. The maximum atomic E-state index is 7.61. The molecule has 3 N–H and O–H groups in total. The van der Waals surface area contributed by atoms with Crippen molar-refractivity contribution in [3.63, 3.8) is 0 Å². The van der Waals surface area contributed by atoms with E-state index in [0.29, 0.717) is 6.54 Å². The predicted octanol–water partition coefficient (Wildman–Crippen LogP) is 4.92. The Morgan fingerprint density at radius 1 is 1.27 bits per heavy atom. The van der Waals surface area contributed by atoms with Gasteiger partial charge in [-0.3, -0.25) is 4.98 Å². The van der Waals surface area contributed by atoms with Crippen molar-refractivity contribution in [1.29, 1.82) is 5.41 Å². The number of rotatable bonds is 8. The fourth-order valence-corrected chi connectivity index (χ4v) is 2.83. The lowest BCUT2D eigenvalue weighted by atomic mass is 9.96. The molecule has 4 heteroatoms. The second-order valence-electron chi connectivity index (χ2n) is 6.25. The summed E-state index contributed by atoms with van der Waals surface area (Å²) in [6.45, 7) is 6.61. The zero-order chi connectivity index (χ0) is 18.9. The van der Waals surface area contributed by atoms with Gasteiger partial charge < -0.3 is 11.1 Å². The Balaban J connectivity index is 2.60. The van der Waals surface area contributed by atoms with Crippen LogP contribution in [0.4, 0.5) is 0 Å². The van der Waals surface area contributed by atoms with Crippen LogP contribution in [0.2, 0.25) is 0 Å². The smallest absolute Gasteiger partial charge is 0.0741 e. The fraction of sp³-hybridized carbons (Fsp3) is 0.318. The number of aryl methyl sites for hydroxylation is 1. The molecule has 2 aromatic rings. The maximum absolute atomic E-state index is 7.61. The van der Waals surface area contributed by atoms with Crippen LogP contribution in [0, 0.1) is 12.3 Å². The Morgan fingerprint density at radius 3 is 2.73 bits per heavy atom. The second-order valence-corrected chi connectivity index (χ2v) is 6.25. The lowest BCUT2D eigenvalue weighted by Gasteiger charge is -2.14. The summed E-state index contributed by atoms with van der Waals surface area (Å²) >= 11 is 0. The van der Waals surface area contributed by atoms with Gasteiger partial charge in [0.15, 0.2) is 0 Å². The van der Waals surface area contributed by atoms with Crippen LogP contribution in [0.5, 0.6) is 0 Å². The molecule has 0 radical (unpaired) electrons. The third kappa shape index (κ3) is 4.73. The van der Waals surface area contributed by atoms with Crippen molar-refractivity contribution in [1.82, 2.24) is 9.97 Å². The molecule has 26 heavy (non-hydrogen) atoms. The number of nitrogens with zero attached hydrogens (tertiary/aromatic N) is 2. The van der Waals surface area contributed by atoms with Gasteiger partial charge in [0.1, 0.15) is 0 Å². The summed E-state index contributed by atoms with van der Waals surface area (Å²) in [4.78, 5) is 9.20. The Labute approximate surface area is 156 Å². The SMILES string of the molecule is C/C=C(\C=N)c1ccc(C)c(/C(=C\CCCC)c2ccnc(CN)c2)n1. The van der Waals surface area contributed by atoms with E-state index < -0.39 is 0 Å². The molecule has 0 unspecified atom stereocenters. The first-order chi connectivity index (χ1) is 12.6. The average Bonchev–Trinajstić information content (AvgIpc) is 2.68. The van der Waals surface area contributed by atoms with E-state index in [1.165, 1.54) is 6.21 Å². The number of aromatic nitrogens is 2. The normalized spacial score (nSPS) is 12.3. The molecule has 0 saturated heterocycles. The highest BCUT2D eigenvalue weighted by Gasteiger charge is 2.12. The number of unbranched alkanes of at least 4 members (excludes halogenated alkanes) is 2. The van der Waals surface area contributed by atoms with Gasteiger partial charge in [0.25, 0.3) is 0 Å². The number of allylic oxidation sites excluding steroid dienone is 3. The molecule has 0 spiro atoms. The molecule has 4 nitrogen and oxygen atoms in total. The Kier molecular flexibility index (Phi) is 7.42. The van der Waals surface area contributed by atoms with Crippen molar-refractivity contribution in [2.45, 2.75) is 46.6 Å². The van der Waals surface area contributed by atoms with Crippen molar-refractivity contribution in [2.75, 3.05) is 0 Å². The van der Waals surface area contributed by atoms with Crippen molar-refractivity contribution in [3.05, 3.63) is 70.8 Å². The second kappa shape index (κ2) is 9.78. The van der Waals surface area contributed by atoms with Crippen LogP contribution in [-0.4, -0.2) is 16.2 Å². The van der Waals surface area contributed by atoms with E-state index in [0.717, 1.165) is 58.6 Å². The first-order valence-corrected chi connectivity index (χ1v) is 9.15. The summed E-state index contributed by atoms with van der Waals surface area (Å²) in [5.41, 5.74) is 12.5. The summed E-state index contributed by atoms with van der Waals surface area (Å²) < 4.78 is 0. The lowest BCUT2D eigenvalue weighted by Crippen LogP contribution is -2.03. The van der Waals surface area contributed by atoms with Crippen molar-refractivity contribution in [3.8, 4) is 0 Å². The lowest BCUT2D eigenvalue weighted by molar-refractivity contribution is 0.815. The van der Waals surface area contributed by atoms with Crippen LogP contribution >= 0.6 is 0 Å². The summed E-state index contributed by atoms with van der Waals surface area (Å²) in [5.74, 6) is 0. The molecule has 0 aromatic carbocycles. The molecule has 0 aliphatic rings. The zero-order valence-corrected chi connectivity index (χ0v) is 15.9. The minimum absolute atomic E-state index is 0.416. The van der Waals surface area contributed by atoms with Gasteiger partial charge in [0, 0.05) is 30.1 Å². The highest BCUT2D eigenvalue weighted by atomic mass is 14.7. The third-order valence-corrected chi connectivity index (χ3v) is 4.36. The molecular weight excluding hydrogens is 320 g/mol. The molecule has 2 rings (SSSR count). The number of pyridine rings is 2. The van der Waals surface area contributed by atoms with Crippen molar-refractivity contribution in [2.24, 2.45) is 5.73 Å². The fourth-order valence-electron chi connectivity index (χ4n) is 2.83. The number of nitrogens with two attached hydrogens (primary N) is 1. The minimum atomic E-state index is 0.416. The topological polar surface area (TPSA) is 75.7 Å². The first kappa shape index (κ1) is 19.7. The highest BCUT2D eigenvalue weighted by Crippen LogP contribution is 2.27. The Hall–Kier alpha value is -2.59. The molecule has 0 fully saturated rings. The van der Waals surface area contributed by atoms with Gasteiger partial charge in [-0.1, -0.05) is 38.0 Å². The van der Waals surface area contributed by atoms with Gasteiger partial charge in [0.2, 0.25) is 0 Å². The maximum Gasteiger partial charge on any atom is 0.0741 e. The summed E-state index contributed by atoms with van der Waals surface area (Å²) in [6.07, 6.45) is 10.6. The van der Waals surface area contributed by atoms with Crippen molar-refractivity contribution < 1.29 is 0 Å². The van der Waals surface area contributed by atoms with E-state index in [4.69, 9.17) is 16.1 Å². The number of hydrogen-bond donors (Lipinski definition) is 2. The summed E-state index contributed by atoms with van der Waals surface area (Å²) in [5, 5.41) is 7.61. The van der Waals surface area contributed by atoms with Gasteiger partial charge in [-0.15, -0.1) is 0 Å². The van der Waals surface area contributed by atoms with Gasteiger partial charge >= 0.3 is 0 Å². The van der Waals surface area contributed by atoms with E-state index in [1.807, 2.05) is 31.2 Å².